The van der Waals surface area contributed by atoms with Gasteiger partial charge in [-0.1, -0.05) is 31.8 Å². The van der Waals surface area contributed by atoms with E-state index in [0.29, 0.717) is 38.4 Å². The summed E-state index contributed by atoms with van der Waals surface area (Å²) in [6, 6.07) is 8.91. The third-order valence-electron chi connectivity index (χ3n) is 9.94. The fraction of sp³-hybridized carbons (Fsp3) is 0.647. The minimum atomic E-state index is -1.14. The highest BCUT2D eigenvalue weighted by Gasteiger charge is 2.32. The van der Waals surface area contributed by atoms with E-state index in [9.17, 15) is 5.26 Å². The van der Waals surface area contributed by atoms with Crippen molar-refractivity contribution in [3.05, 3.63) is 35.2 Å². The molecule has 0 saturated carbocycles. The summed E-state index contributed by atoms with van der Waals surface area (Å²) in [4.78, 5) is 19.6. The van der Waals surface area contributed by atoms with Crippen molar-refractivity contribution in [2.24, 2.45) is 0 Å². The molecule has 11 nitrogen and oxygen atoms in total. The van der Waals surface area contributed by atoms with E-state index in [1.807, 2.05) is 4.68 Å². The van der Waals surface area contributed by atoms with Crippen LogP contribution in [-0.4, -0.2) is 110 Å². The zero-order valence-electron chi connectivity index (χ0n) is 28.6. The SMILES string of the molecule is Cc1ccc2cn(COCC[Si](C)(C)C)nc2c1N1CCc2c(nc(OC[C@@H]3CCCN3C)nc2N2CCN(C)C(CC#N)C2)C1. The van der Waals surface area contributed by atoms with E-state index in [4.69, 9.17) is 24.5 Å². The van der Waals surface area contributed by atoms with Crippen molar-refractivity contribution in [1.82, 2.24) is 29.5 Å². The Labute approximate surface area is 275 Å². The molecule has 1 aromatic carbocycles. The molecule has 2 fully saturated rings. The van der Waals surface area contributed by atoms with Gasteiger partial charge in [0.2, 0.25) is 0 Å². The van der Waals surface area contributed by atoms with E-state index in [-0.39, 0.29) is 6.04 Å². The maximum absolute atomic E-state index is 9.48. The van der Waals surface area contributed by atoms with E-state index in [1.54, 1.807) is 0 Å². The topological polar surface area (TPSA) is 98.8 Å². The Bertz CT molecular complexity index is 1560. The van der Waals surface area contributed by atoms with E-state index in [0.717, 1.165) is 86.3 Å². The van der Waals surface area contributed by atoms with Gasteiger partial charge in [0.25, 0.3) is 0 Å². The highest BCUT2D eigenvalue weighted by Crippen LogP contribution is 2.36. The quantitative estimate of drug-likeness (QED) is 0.219. The summed E-state index contributed by atoms with van der Waals surface area (Å²) in [5.41, 5.74) is 5.59. The van der Waals surface area contributed by atoms with Crippen LogP contribution in [-0.2, 0) is 24.4 Å². The zero-order valence-corrected chi connectivity index (χ0v) is 29.6. The minimum absolute atomic E-state index is 0.177. The van der Waals surface area contributed by atoms with Crippen LogP contribution in [0.15, 0.2) is 18.3 Å². The molecule has 0 bridgehead atoms. The number of rotatable bonds is 11. The lowest BCUT2D eigenvalue weighted by atomic mass is 10.0. The van der Waals surface area contributed by atoms with Crippen LogP contribution in [0.25, 0.3) is 10.9 Å². The predicted octanol–water partition coefficient (Wildman–Crippen LogP) is 4.52. The molecule has 2 saturated heterocycles. The lowest BCUT2D eigenvalue weighted by molar-refractivity contribution is 0.0791. The van der Waals surface area contributed by atoms with Crippen molar-refractivity contribution in [3.8, 4) is 12.1 Å². The Morgan fingerprint density at radius 2 is 1.85 bits per heavy atom. The Morgan fingerprint density at radius 1 is 1.02 bits per heavy atom. The van der Waals surface area contributed by atoms with Crippen molar-refractivity contribution < 1.29 is 9.47 Å². The second-order valence-electron chi connectivity index (χ2n) is 14.6. The number of fused-ring (bicyclic) bond motifs is 2. The molecule has 0 amide bonds. The van der Waals surface area contributed by atoms with Crippen LogP contribution in [0.4, 0.5) is 11.5 Å². The number of hydrogen-bond acceptors (Lipinski definition) is 10. The summed E-state index contributed by atoms with van der Waals surface area (Å²) >= 11 is 0. The van der Waals surface area contributed by atoms with Crippen molar-refractivity contribution >= 4 is 30.5 Å². The Hall–Kier alpha value is -3.24. The number of aromatic nitrogens is 4. The van der Waals surface area contributed by atoms with Gasteiger partial charge in [0, 0.05) is 70.1 Å². The number of nitrogens with zero attached hydrogens (tertiary/aromatic N) is 9. The third-order valence-corrected chi connectivity index (χ3v) is 11.6. The molecule has 3 aromatic rings. The van der Waals surface area contributed by atoms with Gasteiger partial charge in [-0.25, -0.2) is 4.68 Å². The number of anilines is 2. The van der Waals surface area contributed by atoms with Gasteiger partial charge in [-0.15, -0.1) is 0 Å². The number of nitriles is 1. The maximum atomic E-state index is 9.48. The highest BCUT2D eigenvalue weighted by molar-refractivity contribution is 6.76. The van der Waals surface area contributed by atoms with Gasteiger partial charge in [-0.3, -0.25) is 4.90 Å². The van der Waals surface area contributed by atoms with Crippen LogP contribution in [0.2, 0.25) is 25.7 Å². The first-order valence-electron chi connectivity index (χ1n) is 16.9. The van der Waals surface area contributed by atoms with Crippen LogP contribution in [0.5, 0.6) is 6.01 Å². The summed E-state index contributed by atoms with van der Waals surface area (Å²) in [5.74, 6) is 0.977. The van der Waals surface area contributed by atoms with Crippen molar-refractivity contribution in [1.29, 1.82) is 5.26 Å². The zero-order chi connectivity index (χ0) is 32.4. The summed E-state index contributed by atoms with van der Waals surface area (Å²) in [7, 11) is 3.14. The van der Waals surface area contributed by atoms with Crippen LogP contribution < -0.4 is 14.5 Å². The fourth-order valence-electron chi connectivity index (χ4n) is 6.96. The Balaban J connectivity index is 1.27. The first-order valence-corrected chi connectivity index (χ1v) is 20.6. The van der Waals surface area contributed by atoms with Gasteiger partial charge in [0.05, 0.1) is 30.4 Å². The molecule has 0 aliphatic carbocycles. The molecular weight excluding hydrogens is 595 g/mol. The standard InChI is InChI=1S/C34H51N9O2Si/c1-25-9-10-26-20-43(24-44-18-19-46(4,5)6)38-31(26)32(25)41-15-12-29-30(22-41)36-34(45-23-28-8-7-14-39(28)2)37-33(29)42-17-16-40(3)27(21-42)11-13-35/h9-10,20,27-28H,7-8,11-12,14-19,21-24H2,1-6H3/t27?,28-/m0/s1. The van der Waals surface area contributed by atoms with Crippen LogP contribution in [0.3, 0.4) is 0 Å². The molecule has 3 aliphatic heterocycles. The molecule has 0 N–H and O–H groups in total. The monoisotopic (exact) mass is 645 g/mol. The smallest absolute Gasteiger partial charge is 0.318 e. The van der Waals surface area contributed by atoms with Gasteiger partial charge in [-0.05, 0) is 58.4 Å². The van der Waals surface area contributed by atoms with Gasteiger partial charge in [0.15, 0.2) is 0 Å². The lowest BCUT2D eigenvalue weighted by Gasteiger charge is -2.41. The largest absolute Gasteiger partial charge is 0.462 e. The first kappa shape index (κ1) is 32.7. The summed E-state index contributed by atoms with van der Waals surface area (Å²) in [6.45, 7) is 16.3. The molecule has 46 heavy (non-hydrogen) atoms. The number of hydrogen-bond donors (Lipinski definition) is 0. The Kier molecular flexibility index (Phi) is 9.85. The van der Waals surface area contributed by atoms with E-state index in [2.05, 4.69) is 84.7 Å². The molecule has 5 heterocycles. The average molecular weight is 646 g/mol. The number of piperazine rings is 1. The fourth-order valence-corrected chi connectivity index (χ4v) is 7.71. The second kappa shape index (κ2) is 13.9. The van der Waals surface area contributed by atoms with Crippen molar-refractivity contribution in [2.75, 3.05) is 69.8 Å². The molecule has 1 unspecified atom stereocenters. The molecule has 3 aliphatic rings. The molecule has 0 radical (unpaired) electrons. The third kappa shape index (κ3) is 7.33. The van der Waals surface area contributed by atoms with Crippen molar-refractivity contribution in [3.63, 3.8) is 0 Å². The van der Waals surface area contributed by atoms with Crippen LogP contribution in [0.1, 0.15) is 36.1 Å². The first-order chi connectivity index (χ1) is 22.1. The minimum Gasteiger partial charge on any atom is -0.462 e. The number of benzene rings is 1. The van der Waals surface area contributed by atoms with Gasteiger partial charge >= 0.3 is 6.01 Å². The summed E-state index contributed by atoms with van der Waals surface area (Å²) in [6.07, 6.45) is 5.77. The molecule has 6 rings (SSSR count). The number of aryl methyl sites for hydroxylation is 1. The Morgan fingerprint density at radius 3 is 2.61 bits per heavy atom. The second-order valence-corrected chi connectivity index (χ2v) is 20.3. The number of ether oxygens (including phenoxy) is 2. The molecule has 2 atom stereocenters. The highest BCUT2D eigenvalue weighted by atomic mass is 28.3. The van der Waals surface area contributed by atoms with Gasteiger partial charge in [0.1, 0.15) is 24.7 Å². The maximum Gasteiger partial charge on any atom is 0.318 e. The van der Waals surface area contributed by atoms with Gasteiger partial charge in [-0.2, -0.15) is 20.3 Å². The molecule has 248 valence electrons. The van der Waals surface area contributed by atoms with E-state index < -0.39 is 8.07 Å². The molecular formula is C34H51N9O2Si. The van der Waals surface area contributed by atoms with E-state index >= 15 is 0 Å². The normalized spacial score (nSPS) is 21.2. The number of likely N-dealkylation sites (N-methyl/N-ethyl adjacent to an activating group) is 2. The van der Waals surface area contributed by atoms with Gasteiger partial charge < -0.3 is 24.2 Å². The van der Waals surface area contributed by atoms with Crippen molar-refractivity contribution in [2.45, 2.75) is 83.7 Å². The lowest BCUT2D eigenvalue weighted by Crippen LogP contribution is -2.52. The average Bonchev–Trinajstić information content (AvgIpc) is 3.63. The molecule has 2 aromatic heterocycles. The summed E-state index contributed by atoms with van der Waals surface area (Å²) in [5, 5.41) is 15.6. The van der Waals surface area contributed by atoms with Crippen LogP contribution in [0, 0.1) is 18.3 Å². The molecule has 0 spiro atoms. The molecule has 12 heteroatoms. The van der Waals surface area contributed by atoms with E-state index in [1.165, 1.54) is 17.5 Å². The predicted molar refractivity (Wildman–Crippen MR) is 185 cm³/mol. The van der Waals surface area contributed by atoms with Crippen LogP contribution >= 0.6 is 0 Å². The summed E-state index contributed by atoms with van der Waals surface area (Å²) < 4.78 is 14.3. The number of likely N-dealkylation sites (tertiary alicyclic amines) is 1.